The fraction of sp³-hybridized carbons (Fsp3) is 0.455. The average Bonchev–Trinajstić information content (AvgIpc) is 2.99. The number of benzene rings is 1. The van der Waals surface area contributed by atoms with Gasteiger partial charge in [0, 0.05) is 16.4 Å². The Labute approximate surface area is 92.3 Å². The highest BCUT2D eigenvalue weighted by Gasteiger charge is 2.49. The Morgan fingerprint density at radius 1 is 1.36 bits per heavy atom. The van der Waals surface area contributed by atoms with Crippen LogP contribution in [-0.2, 0) is 5.41 Å². The maximum Gasteiger partial charge on any atom is 0.0758 e. The van der Waals surface area contributed by atoms with E-state index in [-0.39, 0.29) is 5.41 Å². The summed E-state index contributed by atoms with van der Waals surface area (Å²) in [7, 11) is 0. The van der Waals surface area contributed by atoms with E-state index in [2.05, 4.69) is 28.1 Å². The minimum absolute atomic E-state index is 0.0462. The molecule has 0 aromatic heterocycles. The predicted molar refractivity (Wildman–Crippen MR) is 60.1 cm³/mol. The summed E-state index contributed by atoms with van der Waals surface area (Å²) in [6.07, 6.45) is 1.70. The van der Waals surface area contributed by atoms with Crippen molar-refractivity contribution in [3.63, 3.8) is 0 Å². The lowest BCUT2D eigenvalue weighted by molar-refractivity contribution is 0.139. The summed E-state index contributed by atoms with van der Waals surface area (Å²) >= 11 is 3.40. The minimum atomic E-state index is -0.399. The number of aliphatic hydroxyl groups excluding tert-OH is 1. The third-order valence-electron chi connectivity index (χ3n) is 3.07. The molecule has 0 spiro atoms. The number of hydrogen-bond acceptors (Lipinski definition) is 2. The van der Waals surface area contributed by atoms with Crippen LogP contribution in [0.2, 0.25) is 0 Å². The van der Waals surface area contributed by atoms with E-state index in [9.17, 15) is 5.11 Å². The minimum Gasteiger partial charge on any atom is -0.391 e. The third kappa shape index (κ3) is 1.60. The smallest absolute Gasteiger partial charge is 0.0758 e. The molecule has 1 aromatic carbocycles. The first-order valence-electron chi connectivity index (χ1n) is 4.83. The highest BCUT2D eigenvalue weighted by atomic mass is 79.9. The van der Waals surface area contributed by atoms with E-state index < -0.39 is 6.10 Å². The van der Waals surface area contributed by atoms with Gasteiger partial charge in [-0.1, -0.05) is 28.1 Å². The van der Waals surface area contributed by atoms with E-state index in [4.69, 9.17) is 5.73 Å². The first-order chi connectivity index (χ1) is 6.69. The summed E-state index contributed by atoms with van der Waals surface area (Å²) in [5.41, 5.74) is 6.67. The zero-order valence-electron chi connectivity index (χ0n) is 7.91. The molecule has 0 bridgehead atoms. The second kappa shape index (κ2) is 3.65. The third-order valence-corrected chi connectivity index (χ3v) is 3.60. The molecular formula is C11H14BrNO. The topological polar surface area (TPSA) is 46.2 Å². The molecule has 3 N–H and O–H groups in total. The van der Waals surface area contributed by atoms with Crippen molar-refractivity contribution in [3.8, 4) is 0 Å². The molecule has 1 aliphatic rings. The molecule has 1 fully saturated rings. The Bertz CT molecular complexity index is 319. The van der Waals surface area contributed by atoms with Gasteiger partial charge >= 0.3 is 0 Å². The van der Waals surface area contributed by atoms with Crippen molar-refractivity contribution in [2.45, 2.75) is 24.4 Å². The second-order valence-corrected chi connectivity index (χ2v) is 4.83. The highest BCUT2D eigenvalue weighted by Crippen LogP contribution is 2.50. The second-order valence-electron chi connectivity index (χ2n) is 3.91. The molecule has 0 aliphatic heterocycles. The van der Waals surface area contributed by atoms with Gasteiger partial charge in [0.15, 0.2) is 0 Å². The predicted octanol–water partition coefficient (Wildman–Crippen LogP) is 1.80. The molecule has 76 valence electrons. The molecular weight excluding hydrogens is 242 g/mol. The average molecular weight is 256 g/mol. The normalized spacial score (nSPS) is 20.5. The van der Waals surface area contributed by atoms with Crippen LogP contribution in [-0.4, -0.2) is 17.8 Å². The quantitative estimate of drug-likeness (QED) is 0.866. The van der Waals surface area contributed by atoms with Crippen LogP contribution in [0.25, 0.3) is 0 Å². The van der Waals surface area contributed by atoms with Crippen molar-refractivity contribution in [1.29, 1.82) is 0 Å². The van der Waals surface area contributed by atoms with Crippen LogP contribution < -0.4 is 5.73 Å². The van der Waals surface area contributed by atoms with Crippen molar-refractivity contribution >= 4 is 15.9 Å². The molecule has 1 unspecified atom stereocenters. The molecule has 1 aromatic rings. The fourth-order valence-electron chi connectivity index (χ4n) is 1.96. The largest absolute Gasteiger partial charge is 0.391 e. The van der Waals surface area contributed by atoms with Crippen LogP contribution >= 0.6 is 15.9 Å². The summed E-state index contributed by atoms with van der Waals surface area (Å²) in [5, 5.41) is 9.83. The van der Waals surface area contributed by atoms with E-state index in [1.165, 1.54) is 5.56 Å². The van der Waals surface area contributed by atoms with E-state index in [0.29, 0.717) is 6.54 Å². The Kier molecular flexibility index (Phi) is 2.64. The van der Waals surface area contributed by atoms with Crippen LogP contribution in [0.1, 0.15) is 18.4 Å². The van der Waals surface area contributed by atoms with Crippen LogP contribution in [0.3, 0.4) is 0 Å². The van der Waals surface area contributed by atoms with Crippen LogP contribution in [0.5, 0.6) is 0 Å². The zero-order valence-corrected chi connectivity index (χ0v) is 9.50. The van der Waals surface area contributed by atoms with Crippen LogP contribution in [0.15, 0.2) is 28.7 Å². The van der Waals surface area contributed by atoms with Gasteiger partial charge in [-0.3, -0.25) is 0 Å². The van der Waals surface area contributed by atoms with Gasteiger partial charge in [0.1, 0.15) is 0 Å². The first-order valence-corrected chi connectivity index (χ1v) is 5.62. The van der Waals surface area contributed by atoms with Crippen molar-refractivity contribution < 1.29 is 5.11 Å². The van der Waals surface area contributed by atoms with E-state index in [1.807, 2.05) is 12.1 Å². The number of nitrogens with two attached hydrogens (primary N) is 1. The van der Waals surface area contributed by atoms with Crippen molar-refractivity contribution in [3.05, 3.63) is 34.3 Å². The lowest BCUT2D eigenvalue weighted by Gasteiger charge is -2.21. The lowest BCUT2D eigenvalue weighted by atomic mass is 9.90. The van der Waals surface area contributed by atoms with Crippen LogP contribution in [0.4, 0.5) is 0 Å². The maximum absolute atomic E-state index is 9.83. The first kappa shape index (κ1) is 10.1. The summed E-state index contributed by atoms with van der Waals surface area (Å²) in [6.45, 7) is 0.343. The van der Waals surface area contributed by atoms with E-state index in [1.54, 1.807) is 0 Å². The van der Waals surface area contributed by atoms with Crippen molar-refractivity contribution in [2.24, 2.45) is 5.73 Å². The van der Waals surface area contributed by atoms with Gasteiger partial charge in [-0.15, -0.1) is 0 Å². The summed E-state index contributed by atoms with van der Waals surface area (Å²) < 4.78 is 1.07. The molecule has 0 amide bonds. The van der Waals surface area contributed by atoms with Gasteiger partial charge in [0.25, 0.3) is 0 Å². The molecule has 14 heavy (non-hydrogen) atoms. The van der Waals surface area contributed by atoms with Gasteiger partial charge in [-0.2, -0.15) is 0 Å². The zero-order chi connectivity index (χ0) is 10.2. The number of halogens is 1. The van der Waals surface area contributed by atoms with E-state index in [0.717, 1.165) is 17.3 Å². The lowest BCUT2D eigenvalue weighted by Crippen LogP contribution is -2.33. The number of aliphatic hydroxyl groups is 1. The van der Waals surface area contributed by atoms with Gasteiger partial charge in [-0.05, 0) is 30.5 Å². The van der Waals surface area contributed by atoms with Crippen molar-refractivity contribution in [1.82, 2.24) is 0 Å². The summed E-state index contributed by atoms with van der Waals surface area (Å²) in [4.78, 5) is 0. The molecule has 1 atom stereocenters. The van der Waals surface area contributed by atoms with Gasteiger partial charge in [-0.25, -0.2) is 0 Å². The Morgan fingerprint density at radius 2 is 1.93 bits per heavy atom. The summed E-state index contributed by atoms with van der Waals surface area (Å²) in [6, 6.07) is 8.16. The molecule has 0 saturated heterocycles. The Morgan fingerprint density at radius 3 is 2.36 bits per heavy atom. The Balaban J connectivity index is 2.26. The molecule has 0 radical (unpaired) electrons. The monoisotopic (exact) mass is 255 g/mol. The molecule has 1 saturated carbocycles. The van der Waals surface area contributed by atoms with Gasteiger partial charge < -0.3 is 10.8 Å². The summed E-state index contributed by atoms with van der Waals surface area (Å²) in [5.74, 6) is 0. The molecule has 1 aliphatic carbocycles. The number of hydrogen-bond donors (Lipinski definition) is 2. The van der Waals surface area contributed by atoms with Gasteiger partial charge in [0.05, 0.1) is 6.10 Å². The highest BCUT2D eigenvalue weighted by molar-refractivity contribution is 9.10. The number of rotatable bonds is 3. The SMILES string of the molecule is NCC(O)C1(c2ccc(Br)cc2)CC1. The van der Waals surface area contributed by atoms with Gasteiger partial charge in [0.2, 0.25) is 0 Å². The van der Waals surface area contributed by atoms with E-state index >= 15 is 0 Å². The molecule has 2 nitrogen and oxygen atoms in total. The fourth-order valence-corrected chi connectivity index (χ4v) is 2.22. The standard InChI is InChI=1S/C11H14BrNO/c12-9-3-1-8(2-4-9)11(5-6-11)10(14)7-13/h1-4,10,14H,5-7,13H2. The maximum atomic E-state index is 9.83. The molecule has 2 rings (SSSR count). The Hall–Kier alpha value is -0.380. The van der Waals surface area contributed by atoms with Crippen molar-refractivity contribution in [2.75, 3.05) is 6.54 Å². The molecule has 0 heterocycles. The van der Waals surface area contributed by atoms with Crippen LogP contribution in [0, 0.1) is 0 Å². The molecule has 3 heteroatoms.